The van der Waals surface area contributed by atoms with Gasteiger partial charge in [0.2, 0.25) is 5.91 Å². The Hall–Kier alpha value is -1.95. The number of carbonyl (C=O) groups excluding carboxylic acids is 1. The van der Waals surface area contributed by atoms with Crippen LogP contribution in [0.5, 0.6) is 0 Å². The molecule has 1 aromatic rings. The largest absolute Gasteiger partial charge is 0.298 e. The Morgan fingerprint density at radius 1 is 1.10 bits per heavy atom. The molecule has 2 fully saturated rings. The molecule has 1 aliphatic heterocycles. The van der Waals surface area contributed by atoms with Gasteiger partial charge in [-0.1, -0.05) is 19.3 Å². The van der Waals surface area contributed by atoms with E-state index in [0.29, 0.717) is 19.3 Å². The van der Waals surface area contributed by atoms with E-state index in [-0.39, 0.29) is 11.6 Å². The lowest BCUT2D eigenvalue weighted by Gasteiger charge is -2.30. The summed E-state index contributed by atoms with van der Waals surface area (Å²) in [6, 6.07) is 6.71. The summed E-state index contributed by atoms with van der Waals surface area (Å²) in [6.45, 7) is 1.06. The maximum Gasteiger partial charge on any atom is 0.269 e. The Kier molecular flexibility index (Phi) is 3.88. The zero-order chi connectivity index (χ0) is 14.8. The van der Waals surface area contributed by atoms with Gasteiger partial charge in [0.05, 0.1) is 18.1 Å². The van der Waals surface area contributed by atoms with Gasteiger partial charge in [0.15, 0.2) is 0 Å². The van der Waals surface area contributed by atoms with Gasteiger partial charge in [0.1, 0.15) is 0 Å². The summed E-state index contributed by atoms with van der Waals surface area (Å²) < 4.78 is 0. The molecule has 1 amide bonds. The summed E-state index contributed by atoms with van der Waals surface area (Å²) in [4.78, 5) is 26.4. The Morgan fingerprint density at radius 3 is 2.38 bits per heavy atom. The lowest BCUT2D eigenvalue weighted by molar-refractivity contribution is -0.384. The molecule has 0 spiro atoms. The van der Waals surface area contributed by atoms with Crippen LogP contribution < -0.4 is 4.90 Å². The van der Waals surface area contributed by atoms with Crippen LogP contribution in [0.2, 0.25) is 0 Å². The van der Waals surface area contributed by atoms with Crippen LogP contribution in [-0.2, 0) is 4.79 Å². The lowest BCUT2D eigenvalue weighted by Crippen LogP contribution is -2.36. The summed E-state index contributed by atoms with van der Waals surface area (Å²) in [6.07, 6.45) is 6.12. The van der Waals surface area contributed by atoms with E-state index < -0.39 is 4.92 Å². The first-order valence-corrected chi connectivity index (χ1v) is 7.44. The standard InChI is InChI=1S/C15H19N3O3/c19-15-10-16(12-4-2-1-3-5-12)11-17(15)13-6-8-14(9-7-13)18(20)21/h6-9,12H,1-5,10-11H2. The smallest absolute Gasteiger partial charge is 0.269 e. The molecule has 6 heteroatoms. The fourth-order valence-corrected chi connectivity index (χ4v) is 3.24. The van der Waals surface area contributed by atoms with Crippen molar-refractivity contribution in [3.05, 3.63) is 34.4 Å². The van der Waals surface area contributed by atoms with Crippen molar-refractivity contribution in [1.82, 2.24) is 4.90 Å². The van der Waals surface area contributed by atoms with Gasteiger partial charge in [0.25, 0.3) is 5.69 Å². The summed E-state index contributed by atoms with van der Waals surface area (Å²) in [7, 11) is 0. The minimum absolute atomic E-state index is 0.0505. The first-order chi connectivity index (χ1) is 10.1. The lowest BCUT2D eigenvalue weighted by atomic mass is 9.94. The van der Waals surface area contributed by atoms with Crippen LogP contribution in [0.4, 0.5) is 11.4 Å². The van der Waals surface area contributed by atoms with Crippen LogP contribution in [0.15, 0.2) is 24.3 Å². The van der Waals surface area contributed by atoms with E-state index in [9.17, 15) is 14.9 Å². The second kappa shape index (κ2) is 5.81. The van der Waals surface area contributed by atoms with E-state index in [4.69, 9.17) is 0 Å². The van der Waals surface area contributed by atoms with Crippen molar-refractivity contribution >= 4 is 17.3 Å². The summed E-state index contributed by atoms with van der Waals surface area (Å²) in [5.74, 6) is 0.0782. The predicted molar refractivity (Wildman–Crippen MR) is 79.0 cm³/mol. The fourth-order valence-electron chi connectivity index (χ4n) is 3.24. The third-order valence-corrected chi connectivity index (χ3v) is 4.43. The monoisotopic (exact) mass is 289 g/mol. The summed E-state index contributed by atoms with van der Waals surface area (Å²) >= 11 is 0. The Bertz CT molecular complexity index is 538. The highest BCUT2D eigenvalue weighted by Gasteiger charge is 2.33. The molecule has 1 heterocycles. The molecule has 112 valence electrons. The average molecular weight is 289 g/mol. The van der Waals surface area contributed by atoms with E-state index in [2.05, 4.69) is 4.90 Å². The molecule has 1 saturated carbocycles. The first kappa shape index (κ1) is 14.0. The van der Waals surface area contributed by atoms with Crippen molar-refractivity contribution < 1.29 is 9.72 Å². The molecule has 0 aromatic heterocycles. The number of nitro groups is 1. The van der Waals surface area contributed by atoms with Gasteiger partial charge < -0.3 is 0 Å². The molecule has 0 bridgehead atoms. The van der Waals surface area contributed by atoms with E-state index in [0.717, 1.165) is 5.69 Å². The van der Waals surface area contributed by atoms with E-state index in [1.807, 2.05) is 0 Å². The molecule has 0 atom stereocenters. The summed E-state index contributed by atoms with van der Waals surface area (Å²) in [5, 5.41) is 10.7. The maximum absolute atomic E-state index is 12.2. The highest BCUT2D eigenvalue weighted by atomic mass is 16.6. The van der Waals surface area contributed by atoms with E-state index in [1.54, 1.807) is 17.0 Å². The summed E-state index contributed by atoms with van der Waals surface area (Å²) in [5.41, 5.74) is 0.790. The molecule has 21 heavy (non-hydrogen) atoms. The normalized spacial score (nSPS) is 21.0. The topological polar surface area (TPSA) is 66.7 Å². The van der Waals surface area contributed by atoms with Crippen LogP contribution in [0.25, 0.3) is 0 Å². The SMILES string of the molecule is O=C1CN(C2CCCCC2)CN1c1ccc([N+](=O)[O-])cc1. The van der Waals surface area contributed by atoms with Crippen LogP contribution in [0.1, 0.15) is 32.1 Å². The molecule has 0 N–H and O–H groups in total. The third-order valence-electron chi connectivity index (χ3n) is 4.43. The number of non-ortho nitro benzene ring substituents is 1. The minimum Gasteiger partial charge on any atom is -0.298 e. The van der Waals surface area contributed by atoms with Gasteiger partial charge in [-0.3, -0.25) is 24.7 Å². The quantitative estimate of drug-likeness (QED) is 0.633. The third kappa shape index (κ3) is 2.90. The second-order valence-corrected chi connectivity index (χ2v) is 5.78. The van der Waals surface area contributed by atoms with E-state index >= 15 is 0 Å². The zero-order valence-corrected chi connectivity index (χ0v) is 11.9. The Morgan fingerprint density at radius 2 is 1.76 bits per heavy atom. The van der Waals surface area contributed by atoms with Crippen LogP contribution >= 0.6 is 0 Å². The molecule has 3 rings (SSSR count). The number of carbonyl (C=O) groups is 1. The fraction of sp³-hybridized carbons (Fsp3) is 0.533. The number of hydrogen-bond acceptors (Lipinski definition) is 4. The second-order valence-electron chi connectivity index (χ2n) is 5.78. The van der Waals surface area contributed by atoms with Crippen molar-refractivity contribution in [3.63, 3.8) is 0 Å². The van der Waals surface area contributed by atoms with Crippen molar-refractivity contribution in [3.8, 4) is 0 Å². The Balaban J connectivity index is 1.70. The zero-order valence-electron chi connectivity index (χ0n) is 11.9. The number of rotatable bonds is 3. The number of hydrogen-bond donors (Lipinski definition) is 0. The number of nitrogens with zero attached hydrogens (tertiary/aromatic N) is 3. The van der Waals surface area contributed by atoms with Gasteiger partial charge in [-0.2, -0.15) is 0 Å². The van der Waals surface area contributed by atoms with E-state index in [1.165, 1.54) is 44.2 Å². The van der Waals surface area contributed by atoms with Crippen LogP contribution in [0.3, 0.4) is 0 Å². The van der Waals surface area contributed by atoms with Crippen molar-refractivity contribution in [2.45, 2.75) is 38.1 Å². The molecule has 2 aliphatic rings. The molecular weight excluding hydrogens is 270 g/mol. The molecule has 0 unspecified atom stereocenters. The van der Waals surface area contributed by atoms with Crippen molar-refractivity contribution in [1.29, 1.82) is 0 Å². The van der Waals surface area contributed by atoms with Crippen molar-refractivity contribution in [2.75, 3.05) is 18.1 Å². The van der Waals surface area contributed by atoms with Crippen molar-refractivity contribution in [2.24, 2.45) is 0 Å². The molecule has 0 radical (unpaired) electrons. The van der Waals surface area contributed by atoms with Crippen LogP contribution in [-0.4, -0.2) is 35.0 Å². The molecule has 6 nitrogen and oxygen atoms in total. The van der Waals surface area contributed by atoms with Gasteiger partial charge >= 0.3 is 0 Å². The van der Waals surface area contributed by atoms with Gasteiger partial charge in [-0.05, 0) is 25.0 Å². The minimum atomic E-state index is -0.427. The Labute approximate surface area is 123 Å². The number of benzene rings is 1. The highest BCUT2D eigenvalue weighted by molar-refractivity contribution is 5.96. The van der Waals surface area contributed by atoms with Gasteiger partial charge in [-0.15, -0.1) is 0 Å². The predicted octanol–water partition coefficient (Wildman–Crippen LogP) is 2.53. The highest BCUT2D eigenvalue weighted by Crippen LogP contribution is 2.28. The van der Waals surface area contributed by atoms with Crippen LogP contribution in [0, 0.1) is 10.1 Å². The average Bonchev–Trinajstić information content (AvgIpc) is 2.90. The number of nitro benzene ring substituents is 1. The van der Waals surface area contributed by atoms with Gasteiger partial charge in [-0.25, -0.2) is 0 Å². The number of amides is 1. The molecule has 1 aromatic carbocycles. The molecular formula is C15H19N3O3. The first-order valence-electron chi connectivity index (χ1n) is 7.44. The molecule has 1 aliphatic carbocycles. The number of anilines is 1. The maximum atomic E-state index is 12.2. The molecule has 1 saturated heterocycles. The van der Waals surface area contributed by atoms with Gasteiger partial charge in [0, 0.05) is 23.9 Å².